The summed E-state index contributed by atoms with van der Waals surface area (Å²) in [7, 11) is 0. The Bertz CT molecular complexity index is 574. The van der Waals surface area contributed by atoms with Crippen LogP contribution in [0, 0.1) is 10.1 Å². The number of rotatable bonds is 4. The van der Waals surface area contributed by atoms with Gasteiger partial charge in [-0.1, -0.05) is 23.2 Å². The molecule has 0 spiro atoms. The van der Waals surface area contributed by atoms with Gasteiger partial charge >= 0.3 is 0 Å². The lowest BCUT2D eigenvalue weighted by Gasteiger charge is -2.20. The predicted molar refractivity (Wildman–Crippen MR) is 79.0 cm³/mol. The summed E-state index contributed by atoms with van der Waals surface area (Å²) >= 11 is 11.6. The van der Waals surface area contributed by atoms with Crippen molar-refractivity contribution < 1.29 is 14.5 Å². The molecule has 2 rings (SSSR count). The topological polar surface area (TPSA) is 81.5 Å². The SMILES string of the molecule is CC(NC(=O)c1cc(Cl)c(Cl)c([N+](=O)[O-])c1)C1CCCO1. The van der Waals surface area contributed by atoms with E-state index < -0.39 is 10.8 Å². The third-order valence-corrected chi connectivity index (χ3v) is 4.14. The fourth-order valence-corrected chi connectivity index (χ4v) is 2.61. The fraction of sp³-hybridized carbons (Fsp3) is 0.462. The number of ether oxygens (including phenoxy) is 1. The van der Waals surface area contributed by atoms with Gasteiger partial charge in [-0.25, -0.2) is 0 Å². The van der Waals surface area contributed by atoms with Crippen LogP contribution in [0.15, 0.2) is 12.1 Å². The molecule has 8 heteroatoms. The summed E-state index contributed by atoms with van der Waals surface area (Å²) in [6, 6.07) is 2.24. The van der Waals surface area contributed by atoms with E-state index in [0.29, 0.717) is 6.61 Å². The monoisotopic (exact) mass is 332 g/mol. The quantitative estimate of drug-likeness (QED) is 0.678. The normalized spacial score (nSPS) is 19.3. The van der Waals surface area contributed by atoms with Crippen molar-refractivity contribution in [1.29, 1.82) is 0 Å². The Morgan fingerprint density at radius 1 is 1.52 bits per heavy atom. The van der Waals surface area contributed by atoms with Crippen LogP contribution in [-0.4, -0.2) is 29.6 Å². The van der Waals surface area contributed by atoms with E-state index in [1.54, 1.807) is 0 Å². The number of nitrogens with one attached hydrogen (secondary N) is 1. The zero-order chi connectivity index (χ0) is 15.6. The highest BCUT2D eigenvalue weighted by atomic mass is 35.5. The van der Waals surface area contributed by atoms with Gasteiger partial charge in [-0.05, 0) is 25.8 Å². The van der Waals surface area contributed by atoms with Crippen LogP contribution in [0.4, 0.5) is 5.69 Å². The second-order valence-electron chi connectivity index (χ2n) is 4.86. The second kappa shape index (κ2) is 6.60. The summed E-state index contributed by atoms with van der Waals surface area (Å²) in [6.45, 7) is 2.52. The van der Waals surface area contributed by atoms with E-state index in [9.17, 15) is 14.9 Å². The smallest absolute Gasteiger partial charge is 0.290 e. The van der Waals surface area contributed by atoms with Crippen LogP contribution in [0.5, 0.6) is 0 Å². The van der Waals surface area contributed by atoms with Crippen LogP contribution >= 0.6 is 23.2 Å². The number of halogens is 2. The Morgan fingerprint density at radius 2 is 2.24 bits per heavy atom. The van der Waals surface area contributed by atoms with E-state index in [1.807, 2.05) is 6.92 Å². The number of nitro benzene ring substituents is 1. The lowest BCUT2D eigenvalue weighted by Crippen LogP contribution is -2.40. The molecule has 1 aromatic carbocycles. The highest BCUT2D eigenvalue weighted by Gasteiger charge is 2.25. The number of nitro groups is 1. The number of nitrogens with zero attached hydrogens (tertiary/aromatic N) is 1. The zero-order valence-corrected chi connectivity index (χ0v) is 12.8. The molecule has 1 saturated heterocycles. The van der Waals surface area contributed by atoms with Crippen molar-refractivity contribution in [2.75, 3.05) is 6.61 Å². The lowest BCUT2D eigenvalue weighted by molar-refractivity contribution is -0.384. The molecule has 6 nitrogen and oxygen atoms in total. The molecule has 114 valence electrons. The second-order valence-corrected chi connectivity index (χ2v) is 5.65. The molecule has 2 unspecified atom stereocenters. The average Bonchev–Trinajstić information content (AvgIpc) is 2.95. The van der Waals surface area contributed by atoms with Crippen LogP contribution in [0.1, 0.15) is 30.1 Å². The van der Waals surface area contributed by atoms with E-state index in [2.05, 4.69) is 5.32 Å². The molecule has 0 saturated carbocycles. The van der Waals surface area contributed by atoms with E-state index in [4.69, 9.17) is 27.9 Å². The van der Waals surface area contributed by atoms with Gasteiger partial charge in [0.1, 0.15) is 5.02 Å². The number of amides is 1. The summed E-state index contributed by atoms with van der Waals surface area (Å²) in [6.07, 6.45) is 1.80. The maximum atomic E-state index is 12.2. The van der Waals surface area contributed by atoms with E-state index in [0.717, 1.165) is 18.9 Å². The molecule has 1 aliphatic rings. The molecular weight excluding hydrogens is 319 g/mol. The van der Waals surface area contributed by atoms with Gasteiger partial charge in [-0.3, -0.25) is 14.9 Å². The lowest BCUT2D eigenvalue weighted by atomic mass is 10.1. The summed E-state index contributed by atoms with van der Waals surface area (Å²) in [5.74, 6) is -0.445. The summed E-state index contributed by atoms with van der Waals surface area (Å²) in [5, 5.41) is 13.5. The molecule has 1 N–H and O–H groups in total. The van der Waals surface area contributed by atoms with Gasteiger partial charge in [0.2, 0.25) is 0 Å². The van der Waals surface area contributed by atoms with Gasteiger partial charge in [0.25, 0.3) is 11.6 Å². The zero-order valence-electron chi connectivity index (χ0n) is 11.3. The van der Waals surface area contributed by atoms with Crippen molar-refractivity contribution in [2.45, 2.75) is 31.9 Å². The molecule has 1 heterocycles. The molecule has 0 radical (unpaired) electrons. The minimum absolute atomic E-state index is 0.0270. The van der Waals surface area contributed by atoms with Gasteiger partial charge in [-0.15, -0.1) is 0 Å². The molecule has 1 amide bonds. The largest absolute Gasteiger partial charge is 0.376 e. The first-order valence-electron chi connectivity index (χ1n) is 6.46. The highest BCUT2D eigenvalue weighted by molar-refractivity contribution is 6.43. The molecule has 1 aliphatic heterocycles. The van der Waals surface area contributed by atoms with Gasteiger partial charge in [0, 0.05) is 18.2 Å². The molecule has 0 aliphatic carbocycles. The number of benzene rings is 1. The number of carbonyl (C=O) groups is 1. The van der Waals surface area contributed by atoms with Gasteiger partial charge in [0.15, 0.2) is 0 Å². The van der Waals surface area contributed by atoms with Crippen LogP contribution < -0.4 is 5.32 Å². The van der Waals surface area contributed by atoms with Crippen molar-refractivity contribution in [3.8, 4) is 0 Å². The molecule has 21 heavy (non-hydrogen) atoms. The Labute approximate surface area is 131 Å². The predicted octanol–water partition coefficient (Wildman–Crippen LogP) is 3.20. The van der Waals surface area contributed by atoms with Gasteiger partial charge in [0.05, 0.1) is 22.1 Å². The maximum Gasteiger partial charge on any atom is 0.290 e. The minimum Gasteiger partial charge on any atom is -0.376 e. The Hall–Kier alpha value is -1.37. The first-order chi connectivity index (χ1) is 9.90. The standard InChI is InChI=1S/C13H14Cl2N2O4/c1-7(11-3-2-4-21-11)16-13(18)8-5-9(14)12(15)10(6-8)17(19)20/h5-7,11H,2-4H2,1H3,(H,16,18). The first kappa shape index (κ1) is 16.0. The van der Waals surface area contributed by atoms with Crippen LogP contribution in [0.2, 0.25) is 10.0 Å². The molecule has 0 bridgehead atoms. The molecule has 1 fully saturated rings. The summed E-state index contributed by atoms with van der Waals surface area (Å²) < 4.78 is 5.49. The minimum atomic E-state index is -0.672. The molecular formula is C13H14Cl2N2O4. The molecule has 0 aromatic heterocycles. The molecule has 2 atom stereocenters. The van der Waals surface area contributed by atoms with Crippen molar-refractivity contribution in [2.24, 2.45) is 0 Å². The van der Waals surface area contributed by atoms with E-state index in [1.165, 1.54) is 6.07 Å². The summed E-state index contributed by atoms with van der Waals surface area (Å²) in [4.78, 5) is 22.4. The average molecular weight is 333 g/mol. The third kappa shape index (κ3) is 3.64. The van der Waals surface area contributed by atoms with Crippen molar-refractivity contribution in [1.82, 2.24) is 5.32 Å². The van der Waals surface area contributed by atoms with Crippen molar-refractivity contribution in [3.63, 3.8) is 0 Å². The van der Waals surface area contributed by atoms with Crippen molar-refractivity contribution >= 4 is 34.8 Å². The van der Waals surface area contributed by atoms with Gasteiger partial charge < -0.3 is 10.1 Å². The Morgan fingerprint density at radius 3 is 2.81 bits per heavy atom. The first-order valence-corrected chi connectivity index (χ1v) is 7.21. The molecule has 1 aromatic rings. The number of carbonyl (C=O) groups excluding carboxylic acids is 1. The van der Waals surface area contributed by atoms with Crippen LogP contribution in [0.3, 0.4) is 0 Å². The maximum absolute atomic E-state index is 12.2. The van der Waals surface area contributed by atoms with Crippen LogP contribution in [0.25, 0.3) is 0 Å². The van der Waals surface area contributed by atoms with Gasteiger partial charge in [-0.2, -0.15) is 0 Å². The van der Waals surface area contributed by atoms with Crippen molar-refractivity contribution in [3.05, 3.63) is 37.9 Å². The highest BCUT2D eigenvalue weighted by Crippen LogP contribution is 2.33. The number of hydrogen-bond acceptors (Lipinski definition) is 4. The van der Waals surface area contributed by atoms with E-state index >= 15 is 0 Å². The third-order valence-electron chi connectivity index (χ3n) is 3.35. The summed E-state index contributed by atoms with van der Waals surface area (Å²) in [5.41, 5.74) is -0.292. The fourth-order valence-electron chi connectivity index (χ4n) is 2.22. The Kier molecular flexibility index (Phi) is 5.03. The van der Waals surface area contributed by atoms with E-state index in [-0.39, 0.29) is 33.4 Å². The number of hydrogen-bond donors (Lipinski definition) is 1. The van der Waals surface area contributed by atoms with Crippen LogP contribution in [-0.2, 0) is 4.74 Å². The Balaban J connectivity index is 2.17.